The SMILES string of the molecule is O=c1ccc(C2CC2)nn1CCNS(=O)(=O)c1ccc(Cl)c(C(F)(F)F)c1. The highest BCUT2D eigenvalue weighted by molar-refractivity contribution is 7.89. The van der Waals surface area contributed by atoms with E-state index < -0.39 is 31.7 Å². The Labute approximate surface area is 158 Å². The van der Waals surface area contributed by atoms with Gasteiger partial charge in [0, 0.05) is 18.5 Å². The molecule has 0 aliphatic heterocycles. The molecule has 0 bridgehead atoms. The van der Waals surface area contributed by atoms with Crippen molar-refractivity contribution >= 4 is 21.6 Å². The number of benzene rings is 1. The first-order valence-corrected chi connectivity index (χ1v) is 9.88. The van der Waals surface area contributed by atoms with Crippen LogP contribution in [0.5, 0.6) is 0 Å². The second-order valence-corrected chi connectivity index (χ2v) is 8.31. The van der Waals surface area contributed by atoms with Crippen molar-refractivity contribution in [2.24, 2.45) is 0 Å². The third-order valence-electron chi connectivity index (χ3n) is 4.05. The summed E-state index contributed by atoms with van der Waals surface area (Å²) in [4.78, 5) is 11.3. The molecule has 0 spiro atoms. The normalized spacial score (nSPS) is 15.1. The van der Waals surface area contributed by atoms with Crippen LogP contribution < -0.4 is 10.3 Å². The van der Waals surface area contributed by atoms with E-state index in [1.54, 1.807) is 6.07 Å². The molecule has 27 heavy (non-hydrogen) atoms. The molecule has 146 valence electrons. The molecular formula is C16H15ClF3N3O3S. The number of sulfonamides is 1. The molecule has 0 saturated heterocycles. The molecule has 1 N–H and O–H groups in total. The molecule has 11 heteroatoms. The van der Waals surface area contributed by atoms with Gasteiger partial charge < -0.3 is 0 Å². The first-order chi connectivity index (χ1) is 12.6. The molecule has 1 aromatic heterocycles. The topological polar surface area (TPSA) is 81.1 Å². The van der Waals surface area contributed by atoms with E-state index in [9.17, 15) is 26.4 Å². The lowest BCUT2D eigenvalue weighted by Crippen LogP contribution is -2.32. The Morgan fingerprint density at radius 2 is 1.93 bits per heavy atom. The lowest BCUT2D eigenvalue weighted by Gasteiger charge is -2.12. The Bertz CT molecular complexity index is 1020. The van der Waals surface area contributed by atoms with Crippen LogP contribution >= 0.6 is 11.6 Å². The van der Waals surface area contributed by atoms with Crippen LogP contribution in [0.4, 0.5) is 13.2 Å². The van der Waals surface area contributed by atoms with Crippen LogP contribution in [0.25, 0.3) is 0 Å². The van der Waals surface area contributed by atoms with Gasteiger partial charge in [0.25, 0.3) is 5.56 Å². The van der Waals surface area contributed by atoms with Gasteiger partial charge in [0.1, 0.15) is 0 Å². The molecule has 0 radical (unpaired) electrons. The predicted molar refractivity (Wildman–Crippen MR) is 92.1 cm³/mol. The number of nitrogens with one attached hydrogen (secondary N) is 1. The summed E-state index contributed by atoms with van der Waals surface area (Å²) >= 11 is 5.50. The predicted octanol–water partition coefficient (Wildman–Crippen LogP) is 2.77. The van der Waals surface area contributed by atoms with E-state index in [1.165, 1.54) is 6.07 Å². The molecule has 1 aromatic carbocycles. The minimum absolute atomic E-state index is 0.0433. The zero-order valence-corrected chi connectivity index (χ0v) is 15.4. The summed E-state index contributed by atoms with van der Waals surface area (Å²) in [6.07, 6.45) is -2.78. The van der Waals surface area contributed by atoms with Gasteiger partial charge in [0.2, 0.25) is 10.0 Å². The van der Waals surface area contributed by atoms with E-state index >= 15 is 0 Å². The van der Waals surface area contributed by atoms with Crippen molar-refractivity contribution in [3.8, 4) is 0 Å². The van der Waals surface area contributed by atoms with E-state index in [1.807, 2.05) is 0 Å². The number of nitrogens with zero attached hydrogens (tertiary/aromatic N) is 2. The average molecular weight is 422 g/mol. The Morgan fingerprint density at radius 3 is 2.56 bits per heavy atom. The van der Waals surface area contributed by atoms with Gasteiger partial charge in [-0.3, -0.25) is 4.79 Å². The summed E-state index contributed by atoms with van der Waals surface area (Å²) in [6.45, 7) is -0.244. The molecule has 0 amide bonds. The van der Waals surface area contributed by atoms with Crippen LogP contribution in [0.15, 0.2) is 40.0 Å². The Kier molecular flexibility index (Phi) is 5.33. The quantitative estimate of drug-likeness (QED) is 0.777. The number of rotatable bonds is 6. The molecule has 1 fully saturated rings. The van der Waals surface area contributed by atoms with E-state index in [2.05, 4.69) is 9.82 Å². The number of hydrogen-bond acceptors (Lipinski definition) is 4. The maximum absolute atomic E-state index is 12.9. The van der Waals surface area contributed by atoms with Gasteiger partial charge in [-0.1, -0.05) is 11.6 Å². The maximum Gasteiger partial charge on any atom is 0.417 e. The molecule has 1 heterocycles. The monoisotopic (exact) mass is 421 g/mol. The highest BCUT2D eigenvalue weighted by Crippen LogP contribution is 2.38. The van der Waals surface area contributed by atoms with Crippen LogP contribution in [-0.2, 0) is 22.7 Å². The van der Waals surface area contributed by atoms with Gasteiger partial charge in [0.15, 0.2) is 0 Å². The van der Waals surface area contributed by atoms with E-state index in [4.69, 9.17) is 11.6 Å². The van der Waals surface area contributed by atoms with Crippen molar-refractivity contribution in [3.05, 3.63) is 57.0 Å². The van der Waals surface area contributed by atoms with Crippen molar-refractivity contribution in [1.29, 1.82) is 0 Å². The molecule has 2 aromatic rings. The summed E-state index contributed by atoms with van der Waals surface area (Å²) in [7, 11) is -4.21. The first kappa shape index (κ1) is 19.8. The average Bonchev–Trinajstić information content (AvgIpc) is 3.40. The number of alkyl halides is 3. The molecule has 1 aliphatic carbocycles. The fraction of sp³-hybridized carbons (Fsp3) is 0.375. The van der Waals surface area contributed by atoms with Gasteiger partial charge in [0.05, 0.1) is 27.7 Å². The Hall–Kier alpha value is -1.91. The summed E-state index contributed by atoms with van der Waals surface area (Å²) in [5.41, 5.74) is -0.850. The highest BCUT2D eigenvalue weighted by atomic mass is 35.5. The third-order valence-corrected chi connectivity index (χ3v) is 5.84. The van der Waals surface area contributed by atoms with Crippen molar-refractivity contribution in [2.45, 2.75) is 36.4 Å². The van der Waals surface area contributed by atoms with Gasteiger partial charge in [-0.25, -0.2) is 17.8 Å². The van der Waals surface area contributed by atoms with E-state index in [-0.39, 0.29) is 18.6 Å². The van der Waals surface area contributed by atoms with Crippen molar-refractivity contribution in [2.75, 3.05) is 6.54 Å². The molecule has 1 aliphatic rings. The van der Waals surface area contributed by atoms with Gasteiger partial charge in [-0.15, -0.1) is 0 Å². The fourth-order valence-corrected chi connectivity index (χ4v) is 3.75. The molecule has 1 saturated carbocycles. The van der Waals surface area contributed by atoms with E-state index in [0.29, 0.717) is 12.0 Å². The largest absolute Gasteiger partial charge is 0.417 e. The second-order valence-electron chi connectivity index (χ2n) is 6.13. The standard InChI is InChI=1S/C16H15ClF3N3O3S/c17-13-4-3-11(9-12(13)16(18,19)20)27(25,26)21-7-8-23-15(24)6-5-14(22-23)10-1-2-10/h3-6,9-10,21H,1-2,7-8H2. The zero-order valence-electron chi connectivity index (χ0n) is 13.8. The smallest absolute Gasteiger partial charge is 0.268 e. The van der Waals surface area contributed by atoms with Gasteiger partial charge in [-0.2, -0.15) is 18.3 Å². The van der Waals surface area contributed by atoms with Crippen LogP contribution in [-0.4, -0.2) is 24.7 Å². The van der Waals surface area contributed by atoms with Gasteiger partial charge in [-0.05, 0) is 37.1 Å². The fourth-order valence-electron chi connectivity index (χ4n) is 2.48. The Morgan fingerprint density at radius 1 is 1.22 bits per heavy atom. The molecule has 3 rings (SSSR count). The van der Waals surface area contributed by atoms with Crippen LogP contribution in [0, 0.1) is 0 Å². The molecule has 6 nitrogen and oxygen atoms in total. The Balaban J connectivity index is 1.73. The van der Waals surface area contributed by atoms with Crippen LogP contribution in [0.3, 0.4) is 0 Å². The van der Waals surface area contributed by atoms with Crippen molar-refractivity contribution in [1.82, 2.24) is 14.5 Å². The van der Waals surface area contributed by atoms with E-state index in [0.717, 1.165) is 35.4 Å². The van der Waals surface area contributed by atoms with Crippen LogP contribution in [0.2, 0.25) is 5.02 Å². The second kappa shape index (κ2) is 7.25. The number of halogens is 4. The molecule has 0 atom stereocenters. The summed E-state index contributed by atoms with van der Waals surface area (Å²) in [6, 6.07) is 5.35. The lowest BCUT2D eigenvalue weighted by atomic mass is 10.2. The highest BCUT2D eigenvalue weighted by Gasteiger charge is 2.34. The maximum atomic E-state index is 12.9. The first-order valence-electron chi connectivity index (χ1n) is 8.02. The lowest BCUT2D eigenvalue weighted by molar-refractivity contribution is -0.137. The van der Waals surface area contributed by atoms with Crippen LogP contribution in [0.1, 0.15) is 30.0 Å². The zero-order chi connectivity index (χ0) is 19.8. The summed E-state index contributed by atoms with van der Waals surface area (Å²) in [5.74, 6) is 0.323. The van der Waals surface area contributed by atoms with Gasteiger partial charge >= 0.3 is 6.18 Å². The van der Waals surface area contributed by atoms with Crippen molar-refractivity contribution in [3.63, 3.8) is 0 Å². The molecular weight excluding hydrogens is 407 g/mol. The number of aromatic nitrogens is 2. The minimum atomic E-state index is -4.77. The summed E-state index contributed by atoms with van der Waals surface area (Å²) in [5, 5.41) is 3.60. The minimum Gasteiger partial charge on any atom is -0.268 e. The third kappa shape index (κ3) is 4.69. The summed E-state index contributed by atoms with van der Waals surface area (Å²) < 4.78 is 66.5. The van der Waals surface area contributed by atoms with Crippen molar-refractivity contribution < 1.29 is 21.6 Å². The molecule has 0 unspecified atom stereocenters. The number of hydrogen-bond donors (Lipinski definition) is 1.